The van der Waals surface area contributed by atoms with E-state index in [9.17, 15) is 4.79 Å². The highest BCUT2D eigenvalue weighted by molar-refractivity contribution is 8.00. The van der Waals surface area contributed by atoms with Gasteiger partial charge in [0.15, 0.2) is 5.82 Å². The number of ether oxygens (including phenoxy) is 1. The Labute approximate surface area is 176 Å². The van der Waals surface area contributed by atoms with Crippen molar-refractivity contribution >= 4 is 35.0 Å². The highest BCUT2D eigenvalue weighted by atomic mass is 35.5. The number of nitrogen functional groups attached to an aromatic ring is 1. The van der Waals surface area contributed by atoms with E-state index in [1.54, 1.807) is 55.5 Å². The smallest absolute Gasteiger partial charge is 0.237 e. The van der Waals surface area contributed by atoms with Gasteiger partial charge in [-0.3, -0.25) is 4.79 Å². The van der Waals surface area contributed by atoms with Crippen LogP contribution in [-0.2, 0) is 11.4 Å². The predicted molar refractivity (Wildman–Crippen MR) is 111 cm³/mol. The van der Waals surface area contributed by atoms with Crippen LogP contribution in [0.1, 0.15) is 18.3 Å². The number of nitriles is 1. The number of carbonyl (C=O) groups is 1. The molecule has 10 heteroatoms. The molecule has 2 aromatic carbocycles. The zero-order chi connectivity index (χ0) is 20.8. The van der Waals surface area contributed by atoms with Crippen LogP contribution in [0.2, 0.25) is 5.02 Å². The van der Waals surface area contributed by atoms with Crippen molar-refractivity contribution < 1.29 is 9.53 Å². The first kappa shape index (κ1) is 20.5. The van der Waals surface area contributed by atoms with Crippen molar-refractivity contribution in [1.82, 2.24) is 14.9 Å². The third-order valence-electron chi connectivity index (χ3n) is 3.83. The largest absolute Gasteiger partial charge is 0.486 e. The van der Waals surface area contributed by atoms with Gasteiger partial charge in [-0.1, -0.05) is 29.4 Å². The van der Waals surface area contributed by atoms with Gasteiger partial charge in [-0.25, -0.2) is 4.68 Å². The third kappa shape index (κ3) is 5.40. The van der Waals surface area contributed by atoms with Crippen LogP contribution in [0, 0.1) is 11.3 Å². The molecule has 29 heavy (non-hydrogen) atoms. The Hall–Kier alpha value is -3.22. The van der Waals surface area contributed by atoms with E-state index in [-0.39, 0.29) is 12.5 Å². The van der Waals surface area contributed by atoms with Crippen LogP contribution in [0.15, 0.2) is 53.7 Å². The fraction of sp³-hybridized carbons (Fsp3) is 0.158. The fourth-order valence-corrected chi connectivity index (χ4v) is 3.20. The molecule has 0 aliphatic rings. The van der Waals surface area contributed by atoms with E-state index in [0.29, 0.717) is 33.0 Å². The normalized spacial score (nSPS) is 11.5. The van der Waals surface area contributed by atoms with E-state index < -0.39 is 5.25 Å². The van der Waals surface area contributed by atoms with Crippen LogP contribution in [0.25, 0.3) is 0 Å². The van der Waals surface area contributed by atoms with Crippen molar-refractivity contribution in [3.8, 4) is 11.8 Å². The summed E-state index contributed by atoms with van der Waals surface area (Å²) in [5.74, 6) is 6.83. The van der Waals surface area contributed by atoms with Crippen LogP contribution in [0.5, 0.6) is 5.75 Å². The minimum Gasteiger partial charge on any atom is -0.486 e. The molecule has 3 aromatic rings. The second kappa shape index (κ2) is 9.32. The molecule has 0 radical (unpaired) electrons. The maximum atomic E-state index is 12.4. The number of hydrogen-bond acceptors (Lipinski definition) is 7. The fourth-order valence-electron chi connectivity index (χ4n) is 2.29. The molecule has 148 valence electrons. The van der Waals surface area contributed by atoms with Gasteiger partial charge < -0.3 is 15.9 Å². The summed E-state index contributed by atoms with van der Waals surface area (Å²) in [7, 11) is 0. The molecule has 0 aliphatic heterocycles. The van der Waals surface area contributed by atoms with Gasteiger partial charge in [-0.15, -0.1) is 10.2 Å². The Kier molecular flexibility index (Phi) is 6.59. The number of thioether (sulfide) groups is 1. The maximum absolute atomic E-state index is 12.4. The molecule has 0 saturated heterocycles. The number of aromatic nitrogens is 3. The van der Waals surface area contributed by atoms with Gasteiger partial charge in [0, 0.05) is 10.7 Å². The molecular formula is C19H17ClN6O2S. The standard InChI is InChI=1S/C19H17ClN6O2S/c1-12(18(27)23-15-4-2-3-13(9-15)10-21)29-19-25-24-17(26(19)22)11-28-16-7-5-14(20)6-8-16/h2-9,12H,11,22H2,1H3,(H,23,27)/t12-/m1/s1. The first-order chi connectivity index (χ1) is 14.0. The molecular weight excluding hydrogens is 412 g/mol. The second-order valence-electron chi connectivity index (χ2n) is 5.95. The molecule has 0 bridgehead atoms. The van der Waals surface area contributed by atoms with Crippen LogP contribution in [-0.4, -0.2) is 26.0 Å². The maximum Gasteiger partial charge on any atom is 0.237 e. The lowest BCUT2D eigenvalue weighted by Crippen LogP contribution is -2.24. The SMILES string of the molecule is C[C@@H](Sc1nnc(COc2ccc(Cl)cc2)n1N)C(=O)Nc1cccc(C#N)c1. The molecule has 1 heterocycles. The van der Waals surface area contributed by atoms with Crippen molar-refractivity contribution in [3.05, 3.63) is 64.9 Å². The Bertz CT molecular complexity index is 1050. The summed E-state index contributed by atoms with van der Waals surface area (Å²) in [4.78, 5) is 12.4. The predicted octanol–water partition coefficient (Wildman–Crippen LogP) is 3.22. The minimum atomic E-state index is -0.489. The molecule has 1 amide bonds. The lowest BCUT2D eigenvalue weighted by molar-refractivity contribution is -0.115. The molecule has 0 spiro atoms. The first-order valence-electron chi connectivity index (χ1n) is 8.51. The number of amides is 1. The van der Waals surface area contributed by atoms with Crippen LogP contribution >= 0.6 is 23.4 Å². The molecule has 1 atom stereocenters. The highest BCUT2D eigenvalue weighted by Crippen LogP contribution is 2.23. The number of carbonyl (C=O) groups excluding carboxylic acids is 1. The van der Waals surface area contributed by atoms with E-state index in [4.69, 9.17) is 27.4 Å². The van der Waals surface area contributed by atoms with Gasteiger partial charge in [0.25, 0.3) is 0 Å². The van der Waals surface area contributed by atoms with E-state index in [1.807, 2.05) is 6.07 Å². The number of halogens is 1. The number of nitrogens with two attached hydrogens (primary N) is 1. The number of rotatable bonds is 7. The monoisotopic (exact) mass is 428 g/mol. The second-order valence-corrected chi connectivity index (χ2v) is 7.70. The Morgan fingerprint density at radius 3 is 2.83 bits per heavy atom. The zero-order valence-corrected chi connectivity index (χ0v) is 16.9. The van der Waals surface area contributed by atoms with Gasteiger partial charge in [-0.05, 0) is 49.4 Å². The summed E-state index contributed by atoms with van der Waals surface area (Å²) < 4.78 is 6.91. The highest BCUT2D eigenvalue weighted by Gasteiger charge is 2.20. The molecule has 0 unspecified atom stereocenters. The summed E-state index contributed by atoms with van der Waals surface area (Å²) in [6.07, 6.45) is 0. The summed E-state index contributed by atoms with van der Waals surface area (Å²) >= 11 is 7.01. The topological polar surface area (TPSA) is 119 Å². The molecule has 3 N–H and O–H groups in total. The molecule has 1 aromatic heterocycles. The van der Waals surface area contributed by atoms with Crippen LogP contribution in [0.4, 0.5) is 5.69 Å². The van der Waals surface area contributed by atoms with E-state index in [1.165, 1.54) is 16.4 Å². The lowest BCUT2D eigenvalue weighted by atomic mass is 10.2. The van der Waals surface area contributed by atoms with Gasteiger partial charge in [-0.2, -0.15) is 5.26 Å². The molecule has 0 aliphatic carbocycles. The zero-order valence-electron chi connectivity index (χ0n) is 15.4. The van der Waals surface area contributed by atoms with Crippen LogP contribution < -0.4 is 15.9 Å². The lowest BCUT2D eigenvalue weighted by Gasteiger charge is -2.12. The van der Waals surface area contributed by atoms with Crippen LogP contribution in [0.3, 0.4) is 0 Å². The molecule has 3 rings (SSSR count). The quantitative estimate of drug-likeness (QED) is 0.438. The summed E-state index contributed by atoms with van der Waals surface area (Å²) in [6, 6.07) is 15.6. The van der Waals surface area contributed by atoms with E-state index >= 15 is 0 Å². The van der Waals surface area contributed by atoms with Crippen molar-refractivity contribution in [2.75, 3.05) is 11.2 Å². The Balaban J connectivity index is 1.58. The average Bonchev–Trinajstić information content (AvgIpc) is 3.07. The molecule has 0 fully saturated rings. The van der Waals surface area contributed by atoms with Gasteiger partial charge in [0.2, 0.25) is 11.1 Å². The first-order valence-corrected chi connectivity index (χ1v) is 9.77. The summed E-state index contributed by atoms with van der Waals surface area (Å²) in [6.45, 7) is 1.85. The minimum absolute atomic E-state index is 0.118. The van der Waals surface area contributed by atoms with E-state index in [0.717, 1.165) is 0 Å². The van der Waals surface area contributed by atoms with Crippen molar-refractivity contribution in [3.63, 3.8) is 0 Å². The Morgan fingerprint density at radius 1 is 1.34 bits per heavy atom. The number of anilines is 1. The Morgan fingerprint density at radius 2 is 2.10 bits per heavy atom. The van der Waals surface area contributed by atoms with Gasteiger partial charge >= 0.3 is 0 Å². The molecule has 8 nitrogen and oxygen atoms in total. The third-order valence-corrected chi connectivity index (χ3v) is 5.14. The van der Waals surface area contributed by atoms with Crippen molar-refractivity contribution in [2.45, 2.75) is 23.9 Å². The number of nitrogens with zero attached hydrogens (tertiary/aromatic N) is 4. The number of nitrogens with one attached hydrogen (secondary N) is 1. The number of benzene rings is 2. The van der Waals surface area contributed by atoms with Gasteiger partial charge in [0.1, 0.15) is 12.4 Å². The number of hydrogen-bond donors (Lipinski definition) is 2. The van der Waals surface area contributed by atoms with Crippen molar-refractivity contribution in [2.24, 2.45) is 0 Å². The summed E-state index contributed by atoms with van der Waals surface area (Å²) in [5, 5.41) is 20.3. The van der Waals surface area contributed by atoms with Crippen molar-refractivity contribution in [1.29, 1.82) is 5.26 Å². The van der Waals surface area contributed by atoms with E-state index in [2.05, 4.69) is 15.5 Å². The molecule has 0 saturated carbocycles. The summed E-state index contributed by atoms with van der Waals surface area (Å²) in [5.41, 5.74) is 1.02. The van der Waals surface area contributed by atoms with Gasteiger partial charge in [0.05, 0.1) is 16.9 Å². The average molecular weight is 429 g/mol.